The Morgan fingerprint density at radius 1 is 1.10 bits per heavy atom. The average molecular weight is 437 g/mol. The van der Waals surface area contributed by atoms with Crippen LogP contribution in [0, 0.1) is 5.92 Å². The maximum atomic E-state index is 12.9. The standard InChI is InChI=1S/C21H25ClN2O4S/c1-28-19-12-11-18(23-21(25)13-6-15-4-2-3-5-15)14-20(19)29(26,27)24-17-9-7-16(22)8-10-17/h7-12,14-15,24H,2-6,13H2,1H3,(H,23,25). The monoisotopic (exact) mass is 436 g/mol. The number of hydrogen-bond acceptors (Lipinski definition) is 4. The molecule has 0 aliphatic heterocycles. The molecule has 8 heteroatoms. The predicted molar refractivity (Wildman–Crippen MR) is 115 cm³/mol. The predicted octanol–water partition coefficient (Wildman–Crippen LogP) is 5.06. The maximum Gasteiger partial charge on any atom is 0.265 e. The lowest BCUT2D eigenvalue weighted by atomic mass is 10.0. The summed E-state index contributed by atoms with van der Waals surface area (Å²) in [6.45, 7) is 0. The molecule has 0 saturated heterocycles. The summed E-state index contributed by atoms with van der Waals surface area (Å²) < 4.78 is 33.4. The summed E-state index contributed by atoms with van der Waals surface area (Å²) in [7, 11) is -2.52. The van der Waals surface area contributed by atoms with Crippen LogP contribution in [0.15, 0.2) is 47.4 Å². The minimum atomic E-state index is -3.92. The highest BCUT2D eigenvalue weighted by molar-refractivity contribution is 7.92. The highest BCUT2D eigenvalue weighted by Gasteiger charge is 2.21. The summed E-state index contributed by atoms with van der Waals surface area (Å²) in [5.41, 5.74) is 0.793. The van der Waals surface area contributed by atoms with E-state index < -0.39 is 10.0 Å². The summed E-state index contributed by atoms with van der Waals surface area (Å²) >= 11 is 5.85. The van der Waals surface area contributed by atoms with Gasteiger partial charge in [-0.2, -0.15) is 0 Å². The molecule has 2 aromatic rings. The largest absolute Gasteiger partial charge is 0.495 e. The second kappa shape index (κ2) is 9.50. The van der Waals surface area contributed by atoms with Crippen LogP contribution in [0.2, 0.25) is 5.02 Å². The van der Waals surface area contributed by atoms with Gasteiger partial charge in [0.05, 0.1) is 7.11 Å². The van der Waals surface area contributed by atoms with Gasteiger partial charge in [0, 0.05) is 22.8 Å². The van der Waals surface area contributed by atoms with Crippen molar-refractivity contribution in [2.75, 3.05) is 17.1 Å². The van der Waals surface area contributed by atoms with Gasteiger partial charge in [0.1, 0.15) is 10.6 Å². The number of nitrogens with one attached hydrogen (secondary N) is 2. The zero-order valence-corrected chi connectivity index (χ0v) is 17.9. The van der Waals surface area contributed by atoms with Crippen LogP contribution in [0.4, 0.5) is 11.4 Å². The number of sulfonamides is 1. The molecule has 1 amide bonds. The number of methoxy groups -OCH3 is 1. The van der Waals surface area contributed by atoms with Crippen molar-refractivity contribution in [2.24, 2.45) is 5.92 Å². The molecule has 1 saturated carbocycles. The number of anilines is 2. The van der Waals surface area contributed by atoms with Crippen molar-refractivity contribution in [3.63, 3.8) is 0 Å². The van der Waals surface area contributed by atoms with E-state index in [1.807, 2.05) is 0 Å². The highest BCUT2D eigenvalue weighted by atomic mass is 35.5. The van der Waals surface area contributed by atoms with E-state index in [2.05, 4.69) is 10.0 Å². The Bertz CT molecular complexity index is 955. The van der Waals surface area contributed by atoms with Crippen molar-refractivity contribution in [1.82, 2.24) is 0 Å². The lowest BCUT2D eigenvalue weighted by Crippen LogP contribution is -2.16. The SMILES string of the molecule is COc1ccc(NC(=O)CCC2CCCC2)cc1S(=O)(=O)Nc1ccc(Cl)cc1. The van der Waals surface area contributed by atoms with Crippen molar-refractivity contribution >= 4 is 38.9 Å². The fourth-order valence-corrected chi connectivity index (χ4v) is 4.93. The molecule has 29 heavy (non-hydrogen) atoms. The van der Waals surface area contributed by atoms with Gasteiger partial charge in [-0.25, -0.2) is 8.42 Å². The lowest BCUT2D eigenvalue weighted by Gasteiger charge is -2.14. The van der Waals surface area contributed by atoms with E-state index in [-0.39, 0.29) is 16.6 Å². The quantitative estimate of drug-likeness (QED) is 0.605. The number of carbonyl (C=O) groups is 1. The van der Waals surface area contributed by atoms with E-state index in [9.17, 15) is 13.2 Å². The van der Waals surface area contributed by atoms with E-state index in [1.54, 1.807) is 30.3 Å². The molecular formula is C21H25ClN2O4S. The number of hydrogen-bond donors (Lipinski definition) is 2. The van der Waals surface area contributed by atoms with Crippen LogP contribution in [0.5, 0.6) is 5.75 Å². The Labute approximate surface area is 176 Å². The van der Waals surface area contributed by atoms with Crippen LogP contribution in [0.25, 0.3) is 0 Å². The fourth-order valence-electron chi connectivity index (χ4n) is 3.55. The zero-order valence-electron chi connectivity index (χ0n) is 16.3. The van der Waals surface area contributed by atoms with Crippen LogP contribution in [0.1, 0.15) is 38.5 Å². The summed E-state index contributed by atoms with van der Waals surface area (Å²) in [6.07, 6.45) is 6.16. The fraction of sp³-hybridized carbons (Fsp3) is 0.381. The summed E-state index contributed by atoms with van der Waals surface area (Å²) in [4.78, 5) is 12.2. The first-order chi connectivity index (χ1) is 13.9. The van der Waals surface area contributed by atoms with Crippen molar-refractivity contribution < 1.29 is 17.9 Å². The van der Waals surface area contributed by atoms with Gasteiger partial charge in [-0.1, -0.05) is 37.3 Å². The smallest absolute Gasteiger partial charge is 0.265 e. The Kier molecular flexibility index (Phi) is 7.03. The molecule has 2 N–H and O–H groups in total. The molecule has 0 radical (unpaired) electrons. The van der Waals surface area contributed by atoms with Gasteiger partial charge < -0.3 is 10.1 Å². The number of ether oxygens (including phenoxy) is 1. The van der Waals surface area contributed by atoms with Crippen LogP contribution >= 0.6 is 11.6 Å². The Balaban J connectivity index is 1.73. The van der Waals surface area contributed by atoms with Crippen LogP contribution < -0.4 is 14.8 Å². The molecule has 3 rings (SSSR count). The first kappa shape index (κ1) is 21.5. The number of amides is 1. The Morgan fingerprint density at radius 2 is 1.76 bits per heavy atom. The number of carbonyl (C=O) groups excluding carboxylic acids is 1. The van der Waals surface area contributed by atoms with E-state index in [4.69, 9.17) is 16.3 Å². The second-order valence-corrected chi connectivity index (χ2v) is 9.30. The summed E-state index contributed by atoms with van der Waals surface area (Å²) in [6, 6.07) is 10.9. The molecule has 156 valence electrons. The third kappa shape index (κ3) is 5.87. The molecule has 0 bridgehead atoms. The Hall–Kier alpha value is -2.25. The Morgan fingerprint density at radius 3 is 2.41 bits per heavy atom. The number of rotatable bonds is 8. The minimum absolute atomic E-state index is 0.0523. The van der Waals surface area contributed by atoms with Gasteiger partial charge in [0.2, 0.25) is 5.91 Å². The third-order valence-corrected chi connectivity index (χ3v) is 6.74. The van der Waals surface area contributed by atoms with Gasteiger partial charge in [0.15, 0.2) is 0 Å². The van der Waals surface area contributed by atoms with Gasteiger partial charge in [-0.3, -0.25) is 9.52 Å². The molecule has 1 fully saturated rings. The van der Waals surface area contributed by atoms with Crippen LogP contribution in [0.3, 0.4) is 0 Å². The van der Waals surface area contributed by atoms with Gasteiger partial charge in [-0.15, -0.1) is 0 Å². The third-order valence-electron chi connectivity index (χ3n) is 5.09. The molecule has 1 aliphatic rings. The van der Waals surface area contributed by atoms with Gasteiger partial charge in [-0.05, 0) is 54.8 Å². The zero-order chi connectivity index (χ0) is 20.9. The average Bonchev–Trinajstić information content (AvgIpc) is 3.22. The summed E-state index contributed by atoms with van der Waals surface area (Å²) in [5, 5.41) is 3.30. The first-order valence-electron chi connectivity index (χ1n) is 9.63. The van der Waals surface area contributed by atoms with Crippen molar-refractivity contribution in [2.45, 2.75) is 43.4 Å². The van der Waals surface area contributed by atoms with Gasteiger partial charge in [0.25, 0.3) is 10.0 Å². The van der Waals surface area contributed by atoms with Crippen LogP contribution in [-0.2, 0) is 14.8 Å². The molecule has 1 aliphatic carbocycles. The summed E-state index contributed by atoms with van der Waals surface area (Å²) in [5.74, 6) is 0.697. The van der Waals surface area contributed by atoms with E-state index in [0.29, 0.717) is 28.7 Å². The molecule has 6 nitrogen and oxygen atoms in total. The number of halogens is 1. The van der Waals surface area contributed by atoms with Crippen molar-refractivity contribution in [3.05, 3.63) is 47.5 Å². The molecule has 0 atom stereocenters. The van der Waals surface area contributed by atoms with Crippen molar-refractivity contribution in [1.29, 1.82) is 0 Å². The highest BCUT2D eigenvalue weighted by Crippen LogP contribution is 2.30. The molecule has 0 unspecified atom stereocenters. The lowest BCUT2D eigenvalue weighted by molar-refractivity contribution is -0.116. The molecule has 2 aromatic carbocycles. The molecular weight excluding hydrogens is 412 g/mol. The normalized spacial score (nSPS) is 14.6. The molecule has 0 aromatic heterocycles. The van der Waals surface area contributed by atoms with Gasteiger partial charge >= 0.3 is 0 Å². The first-order valence-corrected chi connectivity index (χ1v) is 11.5. The van der Waals surface area contributed by atoms with Crippen LogP contribution in [-0.4, -0.2) is 21.4 Å². The van der Waals surface area contributed by atoms with E-state index >= 15 is 0 Å². The van der Waals surface area contributed by atoms with E-state index in [1.165, 1.54) is 44.9 Å². The topological polar surface area (TPSA) is 84.5 Å². The van der Waals surface area contributed by atoms with E-state index in [0.717, 1.165) is 6.42 Å². The minimum Gasteiger partial charge on any atom is -0.495 e. The molecule has 0 heterocycles. The number of benzene rings is 2. The van der Waals surface area contributed by atoms with Crippen molar-refractivity contribution in [3.8, 4) is 5.75 Å². The second-order valence-electron chi connectivity index (χ2n) is 7.22. The molecule has 0 spiro atoms. The maximum absolute atomic E-state index is 12.9.